The van der Waals surface area contributed by atoms with Crippen LogP contribution in [-0.4, -0.2) is 128 Å². The number of nitrogens with one attached hydrogen (secondary N) is 3. The van der Waals surface area contributed by atoms with Crippen molar-refractivity contribution in [2.24, 2.45) is 0 Å². The number of rotatable bonds is 16. The van der Waals surface area contributed by atoms with Gasteiger partial charge in [0.15, 0.2) is 11.6 Å². The van der Waals surface area contributed by atoms with Crippen LogP contribution in [0.1, 0.15) is 69.0 Å². The number of H-pyrrole nitrogens is 1. The summed E-state index contributed by atoms with van der Waals surface area (Å²) in [5, 5.41) is 13.9. The minimum absolute atomic E-state index is 0.0811. The number of hydrogen-bond acceptors (Lipinski definition) is 16. The van der Waals surface area contributed by atoms with Crippen LogP contribution in [-0.2, 0) is 22.3 Å². The molecule has 4 aromatic carbocycles. The van der Waals surface area contributed by atoms with E-state index in [4.69, 9.17) is 19.4 Å². The van der Waals surface area contributed by atoms with Crippen LogP contribution in [0.2, 0.25) is 0 Å². The summed E-state index contributed by atoms with van der Waals surface area (Å²) >= 11 is 0. The van der Waals surface area contributed by atoms with Crippen molar-refractivity contribution in [3.8, 4) is 34.2 Å². The number of halogens is 4. The van der Waals surface area contributed by atoms with Gasteiger partial charge in [-0.15, -0.1) is 0 Å². The number of pyridine rings is 1. The summed E-state index contributed by atoms with van der Waals surface area (Å²) in [6.07, 6.45) is 1.13. The zero-order chi connectivity index (χ0) is 57.0. The van der Waals surface area contributed by atoms with E-state index in [1.807, 2.05) is 73.3 Å². The standard InChI is InChI=1S/C31H32F2N8O.C28H29F2N9O/c1-20-18-21(12-13-34-20)23-9-5-4-8-22(23)19-31(2,3)39-28-36-29(40-14-16-42-17-15-40)38-30(37-28)41-25-11-7-6-10-24(25)35-27(41)26(32)33;1-28(2,15-18-7-3-4-8-20(18)19-16-31-32-17-19)37-25-34-26(38-11-13-40-14-12-38)36-27(35-25)39-22-10-6-5-9-21(22)33-24(39)23(29)30/h4-13,18,26H,14-17,19H2,1-3H3,(H,36,37,38,39);3-10,16-17,23H,11-15H2,1-2H3,(H,31,32)(H,34,35,36,37). The molecule has 2 aliphatic heterocycles. The summed E-state index contributed by atoms with van der Waals surface area (Å²) < 4.78 is 70.4. The molecule has 10 aromatic rings. The van der Waals surface area contributed by atoms with Gasteiger partial charge in [0.05, 0.1) is 54.7 Å². The second-order valence-corrected chi connectivity index (χ2v) is 21.3. The van der Waals surface area contributed by atoms with Crippen LogP contribution >= 0.6 is 0 Å². The number of anilines is 4. The van der Waals surface area contributed by atoms with Crippen LogP contribution in [0.4, 0.5) is 41.4 Å². The Balaban J connectivity index is 0.000000172. The molecule has 0 radical (unpaired) electrons. The Morgan fingerprint density at radius 3 is 1.43 bits per heavy atom. The minimum Gasteiger partial charge on any atom is -0.378 e. The van der Waals surface area contributed by atoms with Gasteiger partial charge < -0.3 is 29.9 Å². The van der Waals surface area contributed by atoms with E-state index in [2.05, 4.69) is 99.9 Å². The van der Waals surface area contributed by atoms with Gasteiger partial charge in [0.2, 0.25) is 35.7 Å². The van der Waals surface area contributed by atoms with Crippen molar-refractivity contribution in [1.82, 2.24) is 64.2 Å². The normalized spacial score (nSPS) is 14.2. The fraction of sp³-hybridized carbons (Fsp3) is 0.322. The maximum Gasteiger partial charge on any atom is 0.296 e. The molecule has 0 spiro atoms. The molecule has 0 aliphatic carbocycles. The first-order valence-corrected chi connectivity index (χ1v) is 27.0. The fourth-order valence-electron chi connectivity index (χ4n) is 10.3. The Morgan fingerprint density at radius 2 is 0.976 bits per heavy atom. The largest absolute Gasteiger partial charge is 0.378 e. The monoisotopic (exact) mass is 1120 g/mol. The van der Waals surface area contributed by atoms with Crippen LogP contribution in [0.3, 0.4) is 0 Å². The number of aromatic nitrogens is 13. The summed E-state index contributed by atoms with van der Waals surface area (Å²) in [6.45, 7) is 14.6. The molecular weight excluding hydrogens is 1050 g/mol. The van der Waals surface area contributed by atoms with E-state index in [0.717, 1.165) is 39.1 Å². The van der Waals surface area contributed by atoms with Gasteiger partial charge in [-0.25, -0.2) is 27.5 Å². The van der Waals surface area contributed by atoms with Crippen LogP contribution < -0.4 is 20.4 Å². The molecule has 0 amide bonds. The second kappa shape index (κ2) is 23.6. The van der Waals surface area contributed by atoms with Gasteiger partial charge in [0.25, 0.3) is 12.9 Å². The molecular formula is C59H61F4N17O2. The summed E-state index contributed by atoms with van der Waals surface area (Å²) in [6, 6.07) is 34.4. The zero-order valence-electron chi connectivity index (χ0n) is 45.9. The van der Waals surface area contributed by atoms with Crippen molar-refractivity contribution in [2.75, 3.05) is 73.0 Å². The van der Waals surface area contributed by atoms with Gasteiger partial charge in [0.1, 0.15) is 0 Å². The van der Waals surface area contributed by atoms with Gasteiger partial charge in [-0.1, -0.05) is 72.8 Å². The topological polar surface area (TPSA) is 204 Å². The second-order valence-electron chi connectivity index (χ2n) is 21.3. The number of nitrogens with zero attached hydrogens (tertiary/aromatic N) is 14. The van der Waals surface area contributed by atoms with E-state index in [9.17, 15) is 17.6 Å². The lowest BCUT2D eigenvalue weighted by atomic mass is 9.89. The number of fused-ring (bicyclic) bond motifs is 2. The summed E-state index contributed by atoms with van der Waals surface area (Å²) in [4.78, 5) is 44.7. The molecule has 2 fully saturated rings. The lowest BCUT2D eigenvalue weighted by Gasteiger charge is -2.30. The Kier molecular flexibility index (Phi) is 15.8. The third kappa shape index (κ3) is 12.3. The van der Waals surface area contributed by atoms with Crippen molar-refractivity contribution < 1.29 is 27.0 Å². The van der Waals surface area contributed by atoms with E-state index >= 15 is 0 Å². The highest BCUT2D eigenvalue weighted by molar-refractivity contribution is 5.79. The maximum absolute atomic E-state index is 14.2. The lowest BCUT2D eigenvalue weighted by Crippen LogP contribution is -2.39. The van der Waals surface area contributed by atoms with Crippen molar-refractivity contribution in [3.05, 3.63) is 156 Å². The van der Waals surface area contributed by atoms with Gasteiger partial charge >= 0.3 is 0 Å². The maximum atomic E-state index is 14.2. The van der Waals surface area contributed by atoms with E-state index in [1.54, 1.807) is 54.7 Å². The molecule has 2 saturated heterocycles. The highest BCUT2D eigenvalue weighted by Gasteiger charge is 2.30. The minimum atomic E-state index is -2.82. The van der Waals surface area contributed by atoms with Crippen LogP contribution in [0.15, 0.2) is 128 Å². The number of aromatic amines is 1. The van der Waals surface area contributed by atoms with Crippen molar-refractivity contribution in [3.63, 3.8) is 0 Å². The van der Waals surface area contributed by atoms with Gasteiger partial charge in [0, 0.05) is 60.9 Å². The molecule has 2 aliphatic rings. The van der Waals surface area contributed by atoms with Crippen molar-refractivity contribution >= 4 is 45.9 Å². The zero-order valence-corrected chi connectivity index (χ0v) is 45.9. The number of morpholine rings is 2. The molecule has 82 heavy (non-hydrogen) atoms. The molecule has 0 atom stereocenters. The van der Waals surface area contributed by atoms with Crippen LogP contribution in [0.25, 0.3) is 56.2 Å². The van der Waals surface area contributed by atoms with Gasteiger partial charge in [-0.05, 0) is 112 Å². The van der Waals surface area contributed by atoms with Crippen molar-refractivity contribution in [2.45, 2.75) is 71.4 Å². The van der Waals surface area contributed by atoms with E-state index in [1.165, 1.54) is 9.13 Å². The predicted molar refractivity (Wildman–Crippen MR) is 306 cm³/mol. The Labute approximate surface area is 470 Å². The quantitative estimate of drug-likeness (QED) is 0.0770. The third-order valence-corrected chi connectivity index (χ3v) is 14.0. The first kappa shape index (κ1) is 55.0. The number of hydrogen-bond donors (Lipinski definition) is 3. The van der Waals surface area contributed by atoms with Crippen LogP contribution in [0.5, 0.6) is 0 Å². The highest BCUT2D eigenvalue weighted by Crippen LogP contribution is 2.33. The number of ether oxygens (including phenoxy) is 2. The SMILES string of the molecule is CC(C)(Cc1ccccc1-c1cn[nH]c1)Nc1nc(N2CCOCC2)nc(-n2c(C(F)F)nc3ccccc32)n1.Cc1cc(-c2ccccc2CC(C)(C)Nc2nc(N3CCOCC3)nc(-n3c(C(F)F)nc4ccccc43)n2)ccn1. The smallest absolute Gasteiger partial charge is 0.296 e. The third-order valence-electron chi connectivity index (χ3n) is 14.0. The number of aryl methyl sites for hydroxylation is 1. The molecule has 0 saturated carbocycles. The van der Waals surface area contributed by atoms with E-state index in [0.29, 0.717) is 105 Å². The number of alkyl halides is 4. The molecule has 422 valence electrons. The van der Waals surface area contributed by atoms with Gasteiger partial charge in [-0.3, -0.25) is 19.2 Å². The Hall–Kier alpha value is -8.96. The first-order chi connectivity index (χ1) is 39.6. The lowest BCUT2D eigenvalue weighted by molar-refractivity contribution is 0.122. The molecule has 19 nitrogen and oxygen atoms in total. The molecule has 12 rings (SSSR count). The molecule has 3 N–H and O–H groups in total. The van der Waals surface area contributed by atoms with Crippen molar-refractivity contribution in [1.29, 1.82) is 0 Å². The predicted octanol–water partition coefficient (Wildman–Crippen LogP) is 10.6. The Morgan fingerprint density at radius 1 is 0.537 bits per heavy atom. The molecule has 6 aromatic heterocycles. The molecule has 8 heterocycles. The summed E-state index contributed by atoms with van der Waals surface area (Å²) in [5.74, 6) is 0.702. The Bertz CT molecular complexity index is 3820. The van der Waals surface area contributed by atoms with E-state index in [-0.39, 0.29) is 17.8 Å². The summed E-state index contributed by atoms with van der Waals surface area (Å²) in [7, 11) is 0. The average Bonchev–Trinajstić information content (AvgIpc) is 4.27. The van der Waals surface area contributed by atoms with Crippen LogP contribution in [0, 0.1) is 6.92 Å². The number of benzene rings is 4. The highest BCUT2D eigenvalue weighted by atomic mass is 19.3. The number of para-hydroxylation sites is 4. The van der Waals surface area contributed by atoms with E-state index < -0.39 is 35.6 Å². The summed E-state index contributed by atoms with van der Waals surface area (Å²) in [5.41, 5.74) is 8.35. The molecule has 0 unspecified atom stereocenters. The fourth-order valence-corrected chi connectivity index (χ4v) is 10.3. The first-order valence-electron chi connectivity index (χ1n) is 27.0. The average molecular weight is 1120 g/mol. The van der Waals surface area contributed by atoms with Gasteiger partial charge in [-0.2, -0.15) is 35.0 Å². The number of imidazole rings is 2. The molecule has 0 bridgehead atoms. The molecule has 23 heteroatoms.